The minimum atomic E-state index is -1.44. The second-order valence-corrected chi connectivity index (χ2v) is 9.10. The number of carbonyl (C=O) groups excluding carboxylic acids is 5. The minimum Gasteiger partial charge on any atom is -0.443 e. The number of fused-ring (bicyclic) bond motifs is 1. The van der Waals surface area contributed by atoms with Gasteiger partial charge in [0, 0.05) is 6.42 Å². The molecule has 0 saturated carbocycles. The Morgan fingerprint density at radius 3 is 1.80 bits per heavy atom. The molecule has 2 heterocycles. The predicted octanol–water partition coefficient (Wildman–Crippen LogP) is 4.35. The van der Waals surface area contributed by atoms with E-state index in [4.69, 9.17) is 51.1 Å². The number of amides is 5. The molecule has 3 rings (SSSR count). The van der Waals surface area contributed by atoms with E-state index in [2.05, 4.69) is 0 Å². The third-order valence-electron chi connectivity index (χ3n) is 4.41. The van der Waals surface area contributed by atoms with Crippen LogP contribution in [0.5, 0.6) is 0 Å². The van der Waals surface area contributed by atoms with Crippen LogP contribution in [0.25, 0.3) is 0 Å². The number of rotatable bonds is 1. The molecule has 2 aliphatic rings. The molecule has 8 nitrogen and oxygen atoms in total. The molecule has 1 atom stereocenters. The summed E-state index contributed by atoms with van der Waals surface area (Å²) in [4.78, 5) is 64.4. The largest absolute Gasteiger partial charge is 0.443 e. The first kappa shape index (κ1) is 22.8. The van der Waals surface area contributed by atoms with Gasteiger partial charge in [0.15, 0.2) is 0 Å². The summed E-state index contributed by atoms with van der Waals surface area (Å²) in [6, 6.07) is -1.44. The first-order chi connectivity index (χ1) is 13.8. The van der Waals surface area contributed by atoms with Gasteiger partial charge in [0.05, 0.1) is 31.2 Å². The molecule has 1 aromatic carbocycles. The quantitative estimate of drug-likeness (QED) is 0.326. The maximum Gasteiger partial charge on any atom is 0.424 e. The lowest BCUT2D eigenvalue weighted by Gasteiger charge is -2.34. The highest BCUT2D eigenvalue weighted by molar-refractivity contribution is 6.55. The standard InChI is InChI=1S/C18H14Cl4N2O6/c1-18(2,3)30-17(29)24-7(25)5-4-6(14(24)26)23-15(27)8-9(16(23)28)11(20)13(22)12(21)10(8)19/h6H,4-5H2,1-3H3. The maximum atomic E-state index is 13.0. The molecule has 30 heavy (non-hydrogen) atoms. The summed E-state index contributed by atoms with van der Waals surface area (Å²) in [5.74, 6) is -3.74. The van der Waals surface area contributed by atoms with E-state index < -0.39 is 41.4 Å². The zero-order chi connectivity index (χ0) is 22.7. The summed E-state index contributed by atoms with van der Waals surface area (Å²) in [6.07, 6.45) is -1.65. The molecule has 1 fully saturated rings. The van der Waals surface area contributed by atoms with Gasteiger partial charge < -0.3 is 4.74 Å². The summed E-state index contributed by atoms with van der Waals surface area (Å²) in [5, 5.41) is -1.01. The molecule has 5 amide bonds. The van der Waals surface area contributed by atoms with Gasteiger partial charge in [-0.1, -0.05) is 46.4 Å². The van der Waals surface area contributed by atoms with Gasteiger partial charge in [0.25, 0.3) is 17.7 Å². The van der Waals surface area contributed by atoms with Crippen LogP contribution < -0.4 is 0 Å². The number of nitrogens with zero attached hydrogens (tertiary/aromatic N) is 2. The Labute approximate surface area is 190 Å². The lowest BCUT2D eigenvalue weighted by Crippen LogP contribution is -2.58. The van der Waals surface area contributed by atoms with Gasteiger partial charge in [0.1, 0.15) is 11.6 Å². The number of hydrogen-bond acceptors (Lipinski definition) is 6. The lowest BCUT2D eigenvalue weighted by atomic mass is 10.0. The van der Waals surface area contributed by atoms with Crippen molar-refractivity contribution in [2.24, 2.45) is 0 Å². The van der Waals surface area contributed by atoms with Gasteiger partial charge in [-0.15, -0.1) is 0 Å². The van der Waals surface area contributed by atoms with E-state index in [-0.39, 0.29) is 44.1 Å². The summed E-state index contributed by atoms with van der Waals surface area (Å²) >= 11 is 24.1. The van der Waals surface area contributed by atoms with E-state index in [1.807, 2.05) is 0 Å². The van der Waals surface area contributed by atoms with Crippen LogP contribution in [-0.4, -0.2) is 51.2 Å². The van der Waals surface area contributed by atoms with Crippen molar-refractivity contribution >= 4 is 76.1 Å². The van der Waals surface area contributed by atoms with Gasteiger partial charge >= 0.3 is 6.09 Å². The normalized spacial score (nSPS) is 19.5. The molecule has 0 aliphatic carbocycles. The van der Waals surface area contributed by atoms with Crippen molar-refractivity contribution in [1.82, 2.24) is 9.80 Å². The molecule has 0 N–H and O–H groups in total. The third-order valence-corrected chi connectivity index (χ3v) is 6.21. The minimum absolute atomic E-state index is 0.181. The molecular weight excluding hydrogens is 482 g/mol. The van der Waals surface area contributed by atoms with Crippen molar-refractivity contribution < 1.29 is 28.7 Å². The van der Waals surface area contributed by atoms with Crippen molar-refractivity contribution in [2.45, 2.75) is 45.3 Å². The Bertz CT molecular complexity index is 986. The number of hydrogen-bond donors (Lipinski definition) is 0. The maximum absolute atomic E-state index is 13.0. The Morgan fingerprint density at radius 1 is 0.900 bits per heavy atom. The van der Waals surface area contributed by atoms with Crippen LogP contribution >= 0.6 is 46.4 Å². The molecule has 1 saturated heterocycles. The van der Waals surface area contributed by atoms with Gasteiger partial charge in [0.2, 0.25) is 5.91 Å². The number of piperidine rings is 1. The molecule has 0 radical (unpaired) electrons. The fraction of sp³-hybridized carbons (Fsp3) is 0.389. The second kappa shape index (κ2) is 7.67. The summed E-state index contributed by atoms with van der Waals surface area (Å²) in [5.41, 5.74) is -1.57. The van der Waals surface area contributed by atoms with Gasteiger partial charge in [-0.25, -0.2) is 4.79 Å². The molecule has 0 aromatic heterocycles. The molecule has 1 unspecified atom stereocenters. The molecule has 0 spiro atoms. The first-order valence-corrected chi connectivity index (χ1v) is 10.1. The predicted molar refractivity (Wildman–Crippen MR) is 108 cm³/mol. The summed E-state index contributed by atoms with van der Waals surface area (Å²) in [7, 11) is 0. The van der Waals surface area contributed by atoms with Crippen LogP contribution in [0.3, 0.4) is 0 Å². The SMILES string of the molecule is CC(C)(C)OC(=O)N1C(=O)CCC(N2C(=O)c3c(Cl)c(Cl)c(Cl)c(Cl)c3C2=O)C1=O. The number of ether oxygens (including phenoxy) is 1. The molecule has 160 valence electrons. The molecule has 2 aliphatic heterocycles. The third kappa shape index (κ3) is 3.56. The molecule has 1 aromatic rings. The Balaban J connectivity index is 2.01. The Morgan fingerprint density at radius 2 is 1.37 bits per heavy atom. The van der Waals surface area contributed by atoms with E-state index in [1.165, 1.54) is 0 Å². The van der Waals surface area contributed by atoms with Crippen molar-refractivity contribution in [1.29, 1.82) is 0 Å². The first-order valence-electron chi connectivity index (χ1n) is 8.61. The highest BCUT2D eigenvalue weighted by Gasteiger charge is 2.51. The zero-order valence-electron chi connectivity index (χ0n) is 15.8. The number of halogens is 4. The Hall–Kier alpha value is -1.87. The van der Waals surface area contributed by atoms with Crippen LogP contribution in [0.2, 0.25) is 20.1 Å². The van der Waals surface area contributed by atoms with E-state index >= 15 is 0 Å². The Kier molecular flexibility index (Phi) is 5.83. The summed E-state index contributed by atoms with van der Waals surface area (Å²) in [6.45, 7) is 4.68. The van der Waals surface area contributed by atoms with Gasteiger partial charge in [-0.2, -0.15) is 4.90 Å². The second-order valence-electron chi connectivity index (χ2n) is 7.59. The summed E-state index contributed by atoms with van der Waals surface area (Å²) < 4.78 is 5.09. The van der Waals surface area contributed by atoms with Gasteiger partial charge in [-0.3, -0.25) is 24.1 Å². The van der Waals surface area contributed by atoms with E-state index in [9.17, 15) is 24.0 Å². The van der Waals surface area contributed by atoms with E-state index in [1.54, 1.807) is 20.8 Å². The van der Waals surface area contributed by atoms with Crippen molar-refractivity contribution in [3.05, 3.63) is 31.2 Å². The highest BCUT2D eigenvalue weighted by Crippen LogP contribution is 2.45. The van der Waals surface area contributed by atoms with E-state index in [0.29, 0.717) is 9.80 Å². The van der Waals surface area contributed by atoms with Gasteiger partial charge in [-0.05, 0) is 27.2 Å². The van der Waals surface area contributed by atoms with E-state index in [0.717, 1.165) is 0 Å². The smallest absolute Gasteiger partial charge is 0.424 e. The average Bonchev–Trinajstić information content (AvgIpc) is 2.88. The molecular formula is C18H14Cl4N2O6. The van der Waals surface area contributed by atoms with Crippen LogP contribution in [0, 0.1) is 0 Å². The topological polar surface area (TPSA) is 101 Å². The van der Waals surface area contributed by atoms with Crippen molar-refractivity contribution in [3.8, 4) is 0 Å². The average molecular weight is 496 g/mol. The van der Waals surface area contributed by atoms with Crippen LogP contribution in [0.4, 0.5) is 4.79 Å². The zero-order valence-corrected chi connectivity index (χ0v) is 18.9. The fourth-order valence-electron chi connectivity index (χ4n) is 3.16. The van der Waals surface area contributed by atoms with Crippen LogP contribution in [0.1, 0.15) is 54.3 Å². The molecule has 0 bridgehead atoms. The highest BCUT2D eigenvalue weighted by atomic mass is 35.5. The molecule has 12 heteroatoms. The van der Waals surface area contributed by atoms with Crippen molar-refractivity contribution in [2.75, 3.05) is 0 Å². The number of carbonyl (C=O) groups is 5. The lowest BCUT2D eigenvalue weighted by molar-refractivity contribution is -0.149. The monoisotopic (exact) mass is 494 g/mol. The number of likely N-dealkylation sites (tertiary alicyclic amines) is 1. The van der Waals surface area contributed by atoms with Crippen molar-refractivity contribution in [3.63, 3.8) is 0 Å². The number of imide groups is 4. The fourth-order valence-corrected chi connectivity index (χ4v) is 4.17. The van der Waals surface area contributed by atoms with Crippen LogP contribution in [-0.2, 0) is 14.3 Å². The van der Waals surface area contributed by atoms with Crippen LogP contribution in [0.15, 0.2) is 0 Å². The number of benzene rings is 1.